The van der Waals surface area contributed by atoms with E-state index >= 15 is 0 Å². The highest BCUT2D eigenvalue weighted by molar-refractivity contribution is 5.49. The zero-order chi connectivity index (χ0) is 12.3. The van der Waals surface area contributed by atoms with Crippen molar-refractivity contribution < 1.29 is 0 Å². The fourth-order valence-electron chi connectivity index (χ4n) is 2.22. The van der Waals surface area contributed by atoms with Crippen LogP contribution < -0.4 is 10.2 Å². The molecule has 1 aromatic heterocycles. The van der Waals surface area contributed by atoms with E-state index in [-0.39, 0.29) is 0 Å². The van der Waals surface area contributed by atoms with Gasteiger partial charge in [-0.2, -0.15) is 4.98 Å². The molecule has 0 aliphatic carbocycles. The Morgan fingerprint density at radius 1 is 1.41 bits per heavy atom. The Balaban J connectivity index is 2.15. The lowest BCUT2D eigenvalue weighted by molar-refractivity contribution is 0.436. The third kappa shape index (κ3) is 2.87. The molecule has 1 fully saturated rings. The van der Waals surface area contributed by atoms with E-state index < -0.39 is 0 Å². The molecular weight excluding hydrogens is 212 g/mol. The van der Waals surface area contributed by atoms with E-state index in [1.165, 1.54) is 18.4 Å². The van der Waals surface area contributed by atoms with Gasteiger partial charge in [-0.25, -0.2) is 4.98 Å². The first-order valence-corrected chi connectivity index (χ1v) is 6.53. The summed E-state index contributed by atoms with van der Waals surface area (Å²) in [5.74, 6) is 2.69. The Hall–Kier alpha value is -1.32. The van der Waals surface area contributed by atoms with Gasteiger partial charge in [-0.05, 0) is 32.6 Å². The summed E-state index contributed by atoms with van der Waals surface area (Å²) >= 11 is 0. The Labute approximate surface area is 103 Å². The summed E-state index contributed by atoms with van der Waals surface area (Å²) in [6.07, 6.45) is 4.44. The number of nitrogens with zero attached hydrogens (tertiary/aromatic N) is 3. The van der Waals surface area contributed by atoms with E-state index in [0.717, 1.165) is 37.3 Å². The molecule has 0 atom stereocenters. The molecule has 1 aliphatic rings. The van der Waals surface area contributed by atoms with Crippen molar-refractivity contribution in [3.8, 4) is 0 Å². The normalized spacial score (nSPS) is 17.2. The molecule has 94 valence electrons. The highest BCUT2D eigenvalue weighted by Gasteiger charge is 2.18. The molecule has 0 saturated carbocycles. The average molecular weight is 234 g/mol. The number of aromatic nitrogens is 2. The Kier molecular flexibility index (Phi) is 3.82. The predicted molar refractivity (Wildman–Crippen MR) is 71.5 cm³/mol. The van der Waals surface area contributed by atoms with Crippen LogP contribution in [-0.2, 0) is 0 Å². The van der Waals surface area contributed by atoms with Crippen LogP contribution in [0.3, 0.4) is 0 Å². The zero-order valence-electron chi connectivity index (χ0n) is 11.0. The van der Waals surface area contributed by atoms with Crippen LogP contribution in [-0.4, -0.2) is 29.6 Å². The monoisotopic (exact) mass is 234 g/mol. The van der Waals surface area contributed by atoms with Crippen molar-refractivity contribution in [1.29, 1.82) is 0 Å². The quantitative estimate of drug-likeness (QED) is 0.872. The maximum absolute atomic E-state index is 4.61. The number of rotatable bonds is 3. The fourth-order valence-corrected chi connectivity index (χ4v) is 2.22. The SMILES string of the molecule is CCNc1ncc(C)c(N2CCC(C)CC2)n1. The highest BCUT2D eigenvalue weighted by atomic mass is 15.2. The van der Waals surface area contributed by atoms with Crippen LogP contribution in [0.4, 0.5) is 11.8 Å². The van der Waals surface area contributed by atoms with Gasteiger partial charge in [-0.15, -0.1) is 0 Å². The molecular formula is C13H22N4. The van der Waals surface area contributed by atoms with Crippen molar-refractivity contribution in [1.82, 2.24) is 9.97 Å². The van der Waals surface area contributed by atoms with E-state index in [0.29, 0.717) is 0 Å². The van der Waals surface area contributed by atoms with Gasteiger partial charge < -0.3 is 10.2 Å². The Morgan fingerprint density at radius 2 is 2.12 bits per heavy atom. The lowest BCUT2D eigenvalue weighted by atomic mass is 9.99. The standard InChI is InChI=1S/C13H22N4/c1-4-14-13-15-9-11(3)12(16-13)17-7-5-10(2)6-8-17/h9-10H,4-8H2,1-3H3,(H,14,15,16). The summed E-state index contributed by atoms with van der Waals surface area (Å²) < 4.78 is 0. The Morgan fingerprint density at radius 3 is 2.76 bits per heavy atom. The van der Waals surface area contributed by atoms with E-state index in [1.54, 1.807) is 0 Å². The van der Waals surface area contributed by atoms with Crippen molar-refractivity contribution in [3.63, 3.8) is 0 Å². The molecule has 1 N–H and O–H groups in total. The zero-order valence-corrected chi connectivity index (χ0v) is 11.0. The lowest BCUT2D eigenvalue weighted by Crippen LogP contribution is -2.34. The van der Waals surface area contributed by atoms with Crippen molar-refractivity contribution in [2.75, 3.05) is 29.9 Å². The third-order valence-electron chi connectivity index (χ3n) is 3.36. The highest BCUT2D eigenvalue weighted by Crippen LogP contribution is 2.24. The number of hydrogen-bond acceptors (Lipinski definition) is 4. The summed E-state index contributed by atoms with van der Waals surface area (Å²) in [6.45, 7) is 9.57. The molecule has 0 unspecified atom stereocenters. The van der Waals surface area contributed by atoms with Gasteiger partial charge in [-0.1, -0.05) is 6.92 Å². The predicted octanol–water partition coefficient (Wildman–Crippen LogP) is 2.45. The summed E-state index contributed by atoms with van der Waals surface area (Å²) in [7, 11) is 0. The van der Waals surface area contributed by atoms with Crippen molar-refractivity contribution in [2.24, 2.45) is 5.92 Å². The van der Waals surface area contributed by atoms with Crippen LogP contribution in [0.15, 0.2) is 6.20 Å². The minimum Gasteiger partial charge on any atom is -0.356 e. The van der Waals surface area contributed by atoms with E-state index in [9.17, 15) is 0 Å². The second-order valence-electron chi connectivity index (χ2n) is 4.90. The molecule has 17 heavy (non-hydrogen) atoms. The number of anilines is 2. The maximum atomic E-state index is 4.61. The van der Waals surface area contributed by atoms with Crippen LogP contribution in [0.5, 0.6) is 0 Å². The number of aryl methyl sites for hydroxylation is 1. The summed E-state index contributed by atoms with van der Waals surface area (Å²) in [5, 5.41) is 3.17. The molecule has 0 amide bonds. The molecule has 0 aromatic carbocycles. The first kappa shape index (κ1) is 12.1. The van der Waals surface area contributed by atoms with Crippen LogP contribution >= 0.6 is 0 Å². The molecule has 4 heteroatoms. The molecule has 1 saturated heterocycles. The van der Waals surface area contributed by atoms with Gasteiger partial charge in [0.15, 0.2) is 0 Å². The molecule has 0 spiro atoms. The van der Waals surface area contributed by atoms with Gasteiger partial charge in [0.05, 0.1) is 0 Å². The van der Waals surface area contributed by atoms with Crippen LogP contribution in [0.25, 0.3) is 0 Å². The fraction of sp³-hybridized carbons (Fsp3) is 0.692. The average Bonchev–Trinajstić information content (AvgIpc) is 2.33. The van der Waals surface area contributed by atoms with E-state index in [1.807, 2.05) is 6.20 Å². The third-order valence-corrected chi connectivity index (χ3v) is 3.36. The van der Waals surface area contributed by atoms with Crippen molar-refractivity contribution >= 4 is 11.8 Å². The second kappa shape index (κ2) is 5.34. The smallest absolute Gasteiger partial charge is 0.224 e. The van der Waals surface area contributed by atoms with Gasteiger partial charge in [-0.3, -0.25) is 0 Å². The van der Waals surface area contributed by atoms with Gasteiger partial charge in [0.25, 0.3) is 0 Å². The van der Waals surface area contributed by atoms with Crippen molar-refractivity contribution in [2.45, 2.75) is 33.6 Å². The second-order valence-corrected chi connectivity index (χ2v) is 4.90. The first-order chi connectivity index (χ1) is 8.20. The largest absolute Gasteiger partial charge is 0.356 e. The molecule has 0 bridgehead atoms. The lowest BCUT2D eigenvalue weighted by Gasteiger charge is -2.32. The van der Waals surface area contributed by atoms with Crippen LogP contribution in [0.1, 0.15) is 32.3 Å². The van der Waals surface area contributed by atoms with E-state index in [2.05, 4.69) is 41.0 Å². The van der Waals surface area contributed by atoms with Crippen molar-refractivity contribution in [3.05, 3.63) is 11.8 Å². The summed E-state index contributed by atoms with van der Waals surface area (Å²) in [5.41, 5.74) is 1.17. The topological polar surface area (TPSA) is 41.1 Å². The molecule has 1 aromatic rings. The first-order valence-electron chi connectivity index (χ1n) is 6.53. The minimum atomic E-state index is 0.742. The molecule has 4 nitrogen and oxygen atoms in total. The van der Waals surface area contributed by atoms with Gasteiger partial charge in [0, 0.05) is 31.4 Å². The maximum Gasteiger partial charge on any atom is 0.224 e. The van der Waals surface area contributed by atoms with Gasteiger partial charge >= 0.3 is 0 Å². The molecule has 2 rings (SSSR count). The van der Waals surface area contributed by atoms with Gasteiger partial charge in [0.2, 0.25) is 5.95 Å². The molecule has 0 radical (unpaired) electrons. The molecule has 2 heterocycles. The minimum absolute atomic E-state index is 0.742. The van der Waals surface area contributed by atoms with E-state index in [4.69, 9.17) is 0 Å². The Bertz CT molecular complexity index is 370. The number of nitrogens with one attached hydrogen (secondary N) is 1. The summed E-state index contributed by atoms with van der Waals surface area (Å²) in [4.78, 5) is 11.3. The molecule has 1 aliphatic heterocycles. The van der Waals surface area contributed by atoms with Crippen LogP contribution in [0, 0.1) is 12.8 Å². The summed E-state index contributed by atoms with van der Waals surface area (Å²) in [6, 6.07) is 0. The van der Waals surface area contributed by atoms with Crippen LogP contribution in [0.2, 0.25) is 0 Å². The number of piperidine rings is 1. The van der Waals surface area contributed by atoms with Gasteiger partial charge in [0.1, 0.15) is 5.82 Å². The number of hydrogen-bond donors (Lipinski definition) is 1.